The molecule has 19 heavy (non-hydrogen) atoms. The topological polar surface area (TPSA) is 50.7 Å². The van der Waals surface area contributed by atoms with E-state index in [1.54, 1.807) is 22.7 Å². The van der Waals surface area contributed by atoms with Gasteiger partial charge in [-0.15, -0.1) is 21.5 Å². The number of nitrogens with zero attached hydrogens (tertiary/aromatic N) is 3. The van der Waals surface area contributed by atoms with Crippen LogP contribution in [0.15, 0.2) is 0 Å². The molecule has 0 aliphatic heterocycles. The molecule has 2 heterocycles. The number of hydrogen-bond acceptors (Lipinski definition) is 6. The molecule has 1 aliphatic rings. The van der Waals surface area contributed by atoms with Crippen LogP contribution in [0, 0.1) is 0 Å². The van der Waals surface area contributed by atoms with Gasteiger partial charge in [0, 0.05) is 18.4 Å². The van der Waals surface area contributed by atoms with Crippen LogP contribution in [0.3, 0.4) is 0 Å². The molecule has 1 N–H and O–H groups in total. The van der Waals surface area contributed by atoms with Gasteiger partial charge in [-0.3, -0.25) is 0 Å². The van der Waals surface area contributed by atoms with Crippen molar-refractivity contribution in [3.8, 4) is 9.88 Å². The van der Waals surface area contributed by atoms with Crippen LogP contribution >= 0.6 is 22.7 Å². The number of thiazole rings is 1. The zero-order valence-electron chi connectivity index (χ0n) is 11.6. The van der Waals surface area contributed by atoms with Crippen LogP contribution < -0.4 is 5.32 Å². The maximum Gasteiger partial charge on any atom is 0.205 e. The van der Waals surface area contributed by atoms with Crippen LogP contribution in [0.1, 0.15) is 50.2 Å². The van der Waals surface area contributed by atoms with E-state index in [1.165, 1.54) is 28.4 Å². The zero-order valence-corrected chi connectivity index (χ0v) is 13.3. The van der Waals surface area contributed by atoms with Crippen molar-refractivity contribution < 1.29 is 0 Å². The first-order valence-electron chi connectivity index (χ1n) is 6.52. The zero-order chi connectivity index (χ0) is 13.6. The third-order valence-electron chi connectivity index (χ3n) is 3.09. The molecule has 0 bridgehead atoms. The molecule has 0 spiro atoms. The fourth-order valence-corrected chi connectivity index (χ4v) is 3.84. The van der Waals surface area contributed by atoms with E-state index in [0.29, 0.717) is 5.92 Å². The summed E-state index contributed by atoms with van der Waals surface area (Å²) in [5.74, 6) is 0.643. The van der Waals surface area contributed by atoms with Gasteiger partial charge in [0.25, 0.3) is 0 Å². The molecule has 102 valence electrons. The second-order valence-electron chi connectivity index (χ2n) is 5.92. The third kappa shape index (κ3) is 2.51. The highest BCUT2D eigenvalue weighted by molar-refractivity contribution is 7.23. The number of nitrogens with one attached hydrogen (secondary N) is 1. The first kappa shape index (κ1) is 13.0. The fraction of sp³-hybridized carbons (Fsp3) is 0.615. The molecule has 1 aliphatic carbocycles. The smallest absolute Gasteiger partial charge is 0.205 e. The van der Waals surface area contributed by atoms with Crippen LogP contribution in [0.4, 0.5) is 5.13 Å². The van der Waals surface area contributed by atoms with Crippen LogP contribution in [0.2, 0.25) is 0 Å². The Labute approximate surface area is 121 Å². The summed E-state index contributed by atoms with van der Waals surface area (Å²) in [6, 6.07) is 0. The molecular formula is C13H18N4S2. The van der Waals surface area contributed by atoms with Gasteiger partial charge in [-0.25, -0.2) is 4.98 Å². The quantitative estimate of drug-likeness (QED) is 0.933. The van der Waals surface area contributed by atoms with E-state index in [0.717, 1.165) is 10.1 Å². The summed E-state index contributed by atoms with van der Waals surface area (Å²) in [6.45, 7) is 6.64. The number of rotatable bonds is 3. The van der Waals surface area contributed by atoms with Gasteiger partial charge in [0.2, 0.25) is 5.13 Å². The van der Waals surface area contributed by atoms with Gasteiger partial charge < -0.3 is 5.32 Å². The van der Waals surface area contributed by atoms with Crippen molar-refractivity contribution in [2.45, 2.75) is 44.9 Å². The minimum Gasteiger partial charge on any atom is -0.363 e. The SMILES string of the molecule is CNc1nnc(-c2sc(C(C)(C)C)nc2C2CC2)s1. The molecule has 1 fully saturated rings. The van der Waals surface area contributed by atoms with Gasteiger partial charge in [-0.05, 0) is 12.8 Å². The van der Waals surface area contributed by atoms with Crippen molar-refractivity contribution in [2.75, 3.05) is 12.4 Å². The molecule has 0 unspecified atom stereocenters. The standard InChI is InChI=1S/C13H18N4S2/c1-13(2,3)11-15-8(7-5-6-7)9(18-11)10-16-17-12(14-4)19-10/h7H,5-6H2,1-4H3,(H,14,17). The Morgan fingerprint density at radius 3 is 2.42 bits per heavy atom. The molecule has 3 rings (SSSR count). The molecule has 0 amide bonds. The lowest BCUT2D eigenvalue weighted by Gasteiger charge is -2.13. The second kappa shape index (κ2) is 4.52. The first-order chi connectivity index (χ1) is 8.99. The summed E-state index contributed by atoms with van der Waals surface area (Å²) >= 11 is 3.39. The maximum atomic E-state index is 4.89. The Balaban J connectivity index is 2.06. The molecule has 6 heteroatoms. The van der Waals surface area contributed by atoms with Crippen molar-refractivity contribution in [1.82, 2.24) is 15.2 Å². The predicted molar refractivity (Wildman–Crippen MR) is 81.2 cm³/mol. The Hall–Kier alpha value is -1.01. The highest BCUT2D eigenvalue weighted by atomic mass is 32.1. The molecule has 1 saturated carbocycles. The molecule has 4 nitrogen and oxygen atoms in total. The molecule has 2 aromatic rings. The Kier molecular flexibility index (Phi) is 3.09. The summed E-state index contributed by atoms with van der Waals surface area (Å²) in [5, 5.41) is 14.5. The third-order valence-corrected chi connectivity index (χ3v) is 5.68. The van der Waals surface area contributed by atoms with Crippen molar-refractivity contribution >= 4 is 27.8 Å². The van der Waals surface area contributed by atoms with Crippen molar-refractivity contribution in [1.29, 1.82) is 0 Å². The lowest BCUT2D eigenvalue weighted by atomic mass is 9.98. The largest absolute Gasteiger partial charge is 0.363 e. The van der Waals surface area contributed by atoms with Crippen molar-refractivity contribution in [3.63, 3.8) is 0 Å². The molecule has 0 aromatic carbocycles. The summed E-state index contributed by atoms with van der Waals surface area (Å²) < 4.78 is 0. The Morgan fingerprint density at radius 1 is 1.16 bits per heavy atom. The van der Waals surface area contributed by atoms with Crippen LogP contribution in [0.25, 0.3) is 9.88 Å². The van der Waals surface area contributed by atoms with Crippen LogP contribution in [-0.2, 0) is 5.41 Å². The van der Waals surface area contributed by atoms with E-state index in [2.05, 4.69) is 36.3 Å². The minimum atomic E-state index is 0.100. The van der Waals surface area contributed by atoms with Gasteiger partial charge in [0.15, 0.2) is 5.01 Å². The summed E-state index contributed by atoms with van der Waals surface area (Å²) in [6.07, 6.45) is 2.52. The highest BCUT2D eigenvalue weighted by Gasteiger charge is 2.33. The van der Waals surface area contributed by atoms with Gasteiger partial charge >= 0.3 is 0 Å². The molecule has 0 radical (unpaired) electrons. The van der Waals surface area contributed by atoms with E-state index in [9.17, 15) is 0 Å². The van der Waals surface area contributed by atoms with E-state index in [-0.39, 0.29) is 5.41 Å². The second-order valence-corrected chi connectivity index (χ2v) is 7.90. The first-order valence-corrected chi connectivity index (χ1v) is 8.15. The monoisotopic (exact) mass is 294 g/mol. The normalized spacial score (nSPS) is 15.8. The van der Waals surface area contributed by atoms with Gasteiger partial charge in [0.05, 0.1) is 15.6 Å². The highest BCUT2D eigenvalue weighted by Crippen LogP contribution is 2.48. The van der Waals surface area contributed by atoms with Crippen LogP contribution in [0.5, 0.6) is 0 Å². The summed E-state index contributed by atoms with van der Waals surface area (Å²) in [5.41, 5.74) is 1.34. The lowest BCUT2D eigenvalue weighted by Crippen LogP contribution is -2.10. The van der Waals surface area contributed by atoms with Crippen LogP contribution in [-0.4, -0.2) is 22.2 Å². The molecule has 0 saturated heterocycles. The van der Waals surface area contributed by atoms with Crippen molar-refractivity contribution in [2.24, 2.45) is 0 Å². The minimum absolute atomic E-state index is 0.100. The maximum absolute atomic E-state index is 4.89. The molecular weight excluding hydrogens is 276 g/mol. The Morgan fingerprint density at radius 2 is 1.89 bits per heavy atom. The summed E-state index contributed by atoms with van der Waals surface area (Å²) in [7, 11) is 1.87. The summed E-state index contributed by atoms with van der Waals surface area (Å²) in [4.78, 5) is 6.12. The average Bonchev–Trinajstić information content (AvgIpc) is 2.93. The number of anilines is 1. The number of aromatic nitrogens is 3. The lowest BCUT2D eigenvalue weighted by molar-refractivity contribution is 0.583. The van der Waals surface area contributed by atoms with Gasteiger partial charge in [0.1, 0.15) is 0 Å². The number of hydrogen-bond donors (Lipinski definition) is 1. The fourth-order valence-electron chi connectivity index (χ4n) is 1.86. The predicted octanol–water partition coefficient (Wildman–Crippen LogP) is 3.88. The van der Waals surface area contributed by atoms with Gasteiger partial charge in [-0.1, -0.05) is 32.1 Å². The van der Waals surface area contributed by atoms with Crippen molar-refractivity contribution in [3.05, 3.63) is 10.7 Å². The molecule has 0 atom stereocenters. The Bertz CT molecular complexity index is 590. The van der Waals surface area contributed by atoms with Gasteiger partial charge in [-0.2, -0.15) is 0 Å². The average molecular weight is 294 g/mol. The van der Waals surface area contributed by atoms with E-state index < -0.39 is 0 Å². The molecule has 2 aromatic heterocycles. The van der Waals surface area contributed by atoms with E-state index in [1.807, 2.05) is 7.05 Å². The van der Waals surface area contributed by atoms with E-state index >= 15 is 0 Å². The van der Waals surface area contributed by atoms with E-state index in [4.69, 9.17) is 4.98 Å².